The number of carbonyl (C=O) groups excluding carboxylic acids is 1. The van der Waals surface area contributed by atoms with Crippen molar-refractivity contribution < 1.29 is 36.6 Å². The zero-order valence-corrected chi connectivity index (χ0v) is 19.7. The number of carbonyl (C=O) groups is 1. The summed E-state index contributed by atoms with van der Waals surface area (Å²) in [5.41, 5.74) is -3.09. The molecule has 3 rings (SSSR count). The number of halogens is 4. The molecule has 1 aliphatic heterocycles. The molecule has 0 bridgehead atoms. The fourth-order valence-electron chi connectivity index (χ4n) is 3.48. The van der Waals surface area contributed by atoms with E-state index < -0.39 is 27.5 Å². The maximum absolute atomic E-state index is 13.0. The molecule has 34 heavy (non-hydrogen) atoms. The van der Waals surface area contributed by atoms with Gasteiger partial charge in [-0.2, -0.15) is 13.2 Å². The average Bonchev–Trinajstić information content (AvgIpc) is 2.79. The third-order valence-corrected chi connectivity index (χ3v) is 7.96. The molecule has 1 aliphatic rings. The van der Waals surface area contributed by atoms with Crippen molar-refractivity contribution in [3.63, 3.8) is 0 Å². The smallest absolute Gasteiger partial charge is 0.396 e. The lowest BCUT2D eigenvalue weighted by atomic mass is 9.97. The van der Waals surface area contributed by atoms with Crippen LogP contribution in [-0.4, -0.2) is 56.0 Å². The summed E-state index contributed by atoms with van der Waals surface area (Å²) in [6.45, 7) is 1.95. The first kappa shape index (κ1) is 26.3. The Morgan fingerprint density at radius 3 is 2.18 bits per heavy atom. The van der Waals surface area contributed by atoms with Crippen molar-refractivity contribution in [2.75, 3.05) is 29.9 Å². The number of hydrogen-bond donors (Lipinski definition) is 3. The van der Waals surface area contributed by atoms with Crippen LogP contribution in [0.25, 0.3) is 0 Å². The molecule has 1 saturated heterocycles. The van der Waals surface area contributed by atoms with Gasteiger partial charge in [-0.25, -0.2) is 8.42 Å². The quantitative estimate of drug-likeness (QED) is 0.537. The topological polar surface area (TPSA) is 107 Å². The molecule has 12 heteroatoms. The maximum atomic E-state index is 13.0. The van der Waals surface area contributed by atoms with Crippen molar-refractivity contribution in [1.82, 2.24) is 0 Å². The van der Waals surface area contributed by atoms with E-state index in [-0.39, 0.29) is 33.0 Å². The van der Waals surface area contributed by atoms with E-state index in [1.54, 1.807) is 12.1 Å². The largest absolute Gasteiger partial charge is 0.426 e. The summed E-state index contributed by atoms with van der Waals surface area (Å²) < 4.78 is 64.5. The van der Waals surface area contributed by atoms with Crippen molar-refractivity contribution in [2.24, 2.45) is 5.92 Å². The molecule has 0 spiro atoms. The highest BCUT2D eigenvalue weighted by molar-refractivity contribution is 7.91. The summed E-state index contributed by atoms with van der Waals surface area (Å²) in [6, 6.07) is 9.44. The normalized spacial score (nSPS) is 17.3. The fourth-order valence-corrected chi connectivity index (χ4v) is 5.06. The minimum absolute atomic E-state index is 0.00523. The van der Waals surface area contributed by atoms with Gasteiger partial charge in [-0.1, -0.05) is 11.6 Å². The Kier molecular flexibility index (Phi) is 7.51. The standard InChI is InChI=1S/C22H24ClF3N2O5S/c1-21(31,22(24,25)26)20(30)27-19-7-6-17(12-18(19)23)34(32,33)16-4-2-15(3-5-16)28-10-8-14(13-29)9-11-28/h2-7,12,14,29,31H,8-11,13H2,1H3,(H,27,30). The van der Waals surface area contributed by atoms with Crippen molar-refractivity contribution in [3.8, 4) is 0 Å². The fraction of sp³-hybridized carbons (Fsp3) is 0.409. The van der Waals surface area contributed by atoms with Crippen LogP contribution in [0.1, 0.15) is 19.8 Å². The molecule has 1 atom stereocenters. The zero-order valence-electron chi connectivity index (χ0n) is 18.1. The second kappa shape index (κ2) is 9.73. The number of benzene rings is 2. The first-order chi connectivity index (χ1) is 15.8. The van der Waals surface area contributed by atoms with Gasteiger partial charge in [0, 0.05) is 25.4 Å². The molecule has 1 amide bonds. The second-order valence-corrected chi connectivity index (χ2v) is 10.6. The molecule has 186 valence electrons. The van der Waals surface area contributed by atoms with Gasteiger partial charge < -0.3 is 20.4 Å². The van der Waals surface area contributed by atoms with E-state index in [9.17, 15) is 36.6 Å². The molecule has 1 fully saturated rings. The Hall–Kier alpha value is -2.34. The van der Waals surface area contributed by atoms with E-state index >= 15 is 0 Å². The number of nitrogens with zero attached hydrogens (tertiary/aromatic N) is 1. The lowest BCUT2D eigenvalue weighted by Gasteiger charge is -2.32. The van der Waals surface area contributed by atoms with Crippen LogP contribution in [0.15, 0.2) is 52.3 Å². The van der Waals surface area contributed by atoms with Crippen LogP contribution < -0.4 is 10.2 Å². The third kappa shape index (κ3) is 5.32. The predicted molar refractivity (Wildman–Crippen MR) is 121 cm³/mol. The van der Waals surface area contributed by atoms with Crippen LogP contribution in [0.4, 0.5) is 24.5 Å². The Morgan fingerprint density at radius 1 is 1.12 bits per heavy atom. The molecule has 0 saturated carbocycles. The maximum Gasteiger partial charge on any atom is 0.426 e. The number of hydrogen-bond acceptors (Lipinski definition) is 6. The van der Waals surface area contributed by atoms with Gasteiger partial charge in [0.05, 0.1) is 20.5 Å². The van der Waals surface area contributed by atoms with Gasteiger partial charge in [0.15, 0.2) is 0 Å². The Bertz CT molecular complexity index is 1150. The summed E-state index contributed by atoms with van der Waals surface area (Å²) in [7, 11) is -4.00. The van der Waals surface area contributed by atoms with Crippen LogP contribution in [0.5, 0.6) is 0 Å². The molecule has 2 aromatic rings. The van der Waals surface area contributed by atoms with Gasteiger partial charge in [-0.15, -0.1) is 0 Å². The van der Waals surface area contributed by atoms with E-state index in [2.05, 4.69) is 4.90 Å². The first-order valence-corrected chi connectivity index (χ1v) is 12.2. The summed E-state index contributed by atoms with van der Waals surface area (Å²) in [5.74, 6) is -1.48. The highest BCUT2D eigenvalue weighted by Gasteiger charge is 2.55. The summed E-state index contributed by atoms with van der Waals surface area (Å²) in [5, 5.41) is 20.3. The Balaban J connectivity index is 1.77. The van der Waals surface area contributed by atoms with Crippen molar-refractivity contribution >= 4 is 38.7 Å². The van der Waals surface area contributed by atoms with Gasteiger partial charge in [0.1, 0.15) is 0 Å². The molecule has 1 heterocycles. The molecular formula is C22H24ClF3N2O5S. The first-order valence-electron chi connectivity index (χ1n) is 10.4. The van der Waals surface area contributed by atoms with E-state index in [1.807, 2.05) is 5.32 Å². The number of sulfone groups is 1. The van der Waals surface area contributed by atoms with Gasteiger partial charge in [-0.3, -0.25) is 4.79 Å². The molecule has 0 aromatic heterocycles. The van der Waals surface area contributed by atoms with Crippen LogP contribution in [0, 0.1) is 5.92 Å². The number of amides is 1. The molecule has 0 radical (unpaired) electrons. The Labute approximate surface area is 200 Å². The predicted octanol–water partition coefficient (Wildman–Crippen LogP) is 3.63. The van der Waals surface area contributed by atoms with E-state index in [1.165, 1.54) is 12.1 Å². The molecule has 7 nitrogen and oxygen atoms in total. The third-order valence-electron chi connectivity index (χ3n) is 5.88. The number of piperidine rings is 1. The van der Waals surface area contributed by atoms with Crippen molar-refractivity contribution in [2.45, 2.75) is 41.3 Å². The zero-order chi connectivity index (χ0) is 25.3. The van der Waals surface area contributed by atoms with E-state index in [0.29, 0.717) is 6.92 Å². The van der Waals surface area contributed by atoms with E-state index in [0.717, 1.165) is 49.8 Å². The number of aliphatic hydroxyl groups excluding tert-OH is 1. The van der Waals surface area contributed by atoms with E-state index in [4.69, 9.17) is 11.6 Å². The summed E-state index contributed by atoms with van der Waals surface area (Å²) in [4.78, 5) is 13.7. The van der Waals surface area contributed by atoms with Crippen LogP contribution in [0.3, 0.4) is 0 Å². The SMILES string of the molecule is CC(O)(C(=O)Nc1ccc(S(=O)(=O)c2ccc(N3CCC(CO)CC3)cc2)cc1Cl)C(F)(F)F. The minimum Gasteiger partial charge on any atom is -0.396 e. The van der Waals surface area contributed by atoms with Crippen LogP contribution in [0.2, 0.25) is 5.02 Å². The number of rotatable bonds is 6. The highest BCUT2D eigenvalue weighted by Crippen LogP contribution is 2.34. The lowest BCUT2D eigenvalue weighted by Crippen LogP contribution is -2.52. The van der Waals surface area contributed by atoms with Gasteiger partial charge in [-0.05, 0) is 68.1 Å². The van der Waals surface area contributed by atoms with Gasteiger partial charge in [0.2, 0.25) is 15.4 Å². The van der Waals surface area contributed by atoms with Gasteiger partial charge >= 0.3 is 6.18 Å². The molecule has 2 aromatic carbocycles. The molecule has 0 aliphatic carbocycles. The number of aliphatic hydroxyl groups is 2. The molecular weight excluding hydrogens is 497 g/mol. The average molecular weight is 521 g/mol. The van der Waals surface area contributed by atoms with Gasteiger partial charge in [0.25, 0.3) is 5.91 Å². The number of alkyl halides is 3. The number of anilines is 2. The van der Waals surface area contributed by atoms with Crippen LogP contribution in [-0.2, 0) is 14.6 Å². The number of nitrogens with one attached hydrogen (secondary N) is 1. The summed E-state index contributed by atoms with van der Waals surface area (Å²) in [6.07, 6.45) is -3.53. The summed E-state index contributed by atoms with van der Waals surface area (Å²) >= 11 is 6.02. The van der Waals surface area contributed by atoms with Crippen molar-refractivity contribution in [3.05, 3.63) is 47.5 Å². The molecule has 1 unspecified atom stereocenters. The Morgan fingerprint density at radius 2 is 1.68 bits per heavy atom. The monoisotopic (exact) mass is 520 g/mol. The van der Waals surface area contributed by atoms with Crippen LogP contribution >= 0.6 is 11.6 Å². The molecule has 3 N–H and O–H groups in total. The second-order valence-electron chi connectivity index (χ2n) is 8.28. The highest BCUT2D eigenvalue weighted by atomic mass is 35.5. The van der Waals surface area contributed by atoms with Crippen molar-refractivity contribution in [1.29, 1.82) is 0 Å². The lowest BCUT2D eigenvalue weighted by molar-refractivity contribution is -0.242. The minimum atomic E-state index is -5.21.